The third-order valence-corrected chi connectivity index (χ3v) is 2.99. The van der Waals surface area contributed by atoms with Gasteiger partial charge in [0.25, 0.3) is 0 Å². The van der Waals surface area contributed by atoms with Crippen LogP contribution in [0.15, 0.2) is 24.3 Å². The van der Waals surface area contributed by atoms with E-state index in [0.717, 1.165) is 30.2 Å². The van der Waals surface area contributed by atoms with Gasteiger partial charge in [-0.25, -0.2) is 4.98 Å². The van der Waals surface area contributed by atoms with Crippen LogP contribution < -0.4 is 10.1 Å². The zero-order chi connectivity index (χ0) is 15.2. The van der Waals surface area contributed by atoms with Crippen molar-refractivity contribution in [1.82, 2.24) is 9.97 Å². The predicted octanol–water partition coefficient (Wildman–Crippen LogP) is 3.44. The first-order valence-corrected chi connectivity index (χ1v) is 6.97. The number of aryl methyl sites for hydroxylation is 1. The summed E-state index contributed by atoms with van der Waals surface area (Å²) in [5, 5.41) is 12.2. The van der Waals surface area contributed by atoms with E-state index in [1.165, 1.54) is 0 Å². The molecule has 0 fully saturated rings. The molecule has 5 nitrogen and oxygen atoms in total. The molecule has 1 N–H and O–H groups in total. The maximum atomic E-state index is 8.94. The van der Waals surface area contributed by atoms with E-state index in [0.29, 0.717) is 17.2 Å². The van der Waals surface area contributed by atoms with Gasteiger partial charge in [-0.2, -0.15) is 10.2 Å². The fourth-order valence-electron chi connectivity index (χ4n) is 1.88. The quantitative estimate of drug-likeness (QED) is 0.909. The average molecular weight is 282 g/mol. The normalized spacial score (nSPS) is 10.0. The summed E-state index contributed by atoms with van der Waals surface area (Å²) in [5.74, 6) is 2.63. The molecule has 0 aliphatic rings. The number of nitrogens with one attached hydrogen (secondary N) is 1. The van der Waals surface area contributed by atoms with Crippen molar-refractivity contribution in [3.05, 3.63) is 41.2 Å². The van der Waals surface area contributed by atoms with E-state index in [9.17, 15) is 0 Å². The highest BCUT2D eigenvalue weighted by atomic mass is 16.5. The van der Waals surface area contributed by atoms with Gasteiger partial charge in [-0.05, 0) is 32.0 Å². The number of ether oxygens (including phenoxy) is 1. The molecule has 0 saturated carbocycles. The zero-order valence-electron chi connectivity index (χ0n) is 12.5. The Hall–Kier alpha value is -2.61. The molecule has 21 heavy (non-hydrogen) atoms. The minimum atomic E-state index is 0.521. The van der Waals surface area contributed by atoms with Gasteiger partial charge >= 0.3 is 0 Å². The van der Waals surface area contributed by atoms with Crippen LogP contribution in [0.1, 0.15) is 30.8 Å². The third-order valence-electron chi connectivity index (χ3n) is 2.99. The molecule has 0 amide bonds. The first kappa shape index (κ1) is 14.8. The number of rotatable bonds is 5. The molecule has 0 radical (unpaired) electrons. The Balaban J connectivity index is 2.38. The second-order valence-corrected chi connectivity index (χ2v) is 4.54. The summed E-state index contributed by atoms with van der Waals surface area (Å²) in [6.07, 6.45) is 0.729. The molecule has 2 aromatic rings. The van der Waals surface area contributed by atoms with E-state index < -0.39 is 0 Å². The van der Waals surface area contributed by atoms with Gasteiger partial charge in [-0.3, -0.25) is 0 Å². The van der Waals surface area contributed by atoms with Crippen molar-refractivity contribution in [2.24, 2.45) is 0 Å². The van der Waals surface area contributed by atoms with E-state index in [2.05, 4.69) is 21.4 Å². The summed E-state index contributed by atoms with van der Waals surface area (Å²) >= 11 is 0. The summed E-state index contributed by atoms with van der Waals surface area (Å²) in [5.41, 5.74) is 1.42. The van der Waals surface area contributed by atoms with E-state index in [4.69, 9.17) is 10.00 Å². The summed E-state index contributed by atoms with van der Waals surface area (Å²) < 4.78 is 5.84. The molecule has 0 bridgehead atoms. The Morgan fingerprint density at radius 1 is 1.29 bits per heavy atom. The van der Waals surface area contributed by atoms with Gasteiger partial charge in [-0.15, -0.1) is 0 Å². The van der Waals surface area contributed by atoms with E-state index in [-0.39, 0.29) is 0 Å². The molecule has 0 saturated heterocycles. The van der Waals surface area contributed by atoms with Crippen LogP contribution in [-0.4, -0.2) is 16.5 Å². The average Bonchev–Trinajstić information content (AvgIpc) is 2.51. The van der Waals surface area contributed by atoms with Gasteiger partial charge < -0.3 is 10.1 Å². The van der Waals surface area contributed by atoms with Gasteiger partial charge in [0.2, 0.25) is 5.88 Å². The first-order valence-electron chi connectivity index (χ1n) is 6.97. The maximum absolute atomic E-state index is 8.94. The van der Waals surface area contributed by atoms with Gasteiger partial charge in [0.1, 0.15) is 17.4 Å². The van der Waals surface area contributed by atoms with Crippen LogP contribution in [0.3, 0.4) is 0 Å². The number of aromatic nitrogens is 2. The van der Waals surface area contributed by atoms with Gasteiger partial charge in [0.15, 0.2) is 0 Å². The van der Waals surface area contributed by atoms with Crippen LogP contribution in [0.5, 0.6) is 11.6 Å². The van der Waals surface area contributed by atoms with E-state index in [1.807, 2.05) is 20.8 Å². The largest absolute Gasteiger partial charge is 0.439 e. The second-order valence-electron chi connectivity index (χ2n) is 4.54. The molecular weight excluding hydrogens is 264 g/mol. The molecule has 2 rings (SSSR count). The lowest BCUT2D eigenvalue weighted by Crippen LogP contribution is -2.07. The fraction of sp³-hybridized carbons (Fsp3) is 0.312. The van der Waals surface area contributed by atoms with Crippen molar-refractivity contribution in [3.8, 4) is 17.7 Å². The lowest BCUT2D eigenvalue weighted by Gasteiger charge is -2.13. The molecule has 0 spiro atoms. The van der Waals surface area contributed by atoms with Crippen molar-refractivity contribution in [2.45, 2.75) is 27.2 Å². The highest BCUT2D eigenvalue weighted by Crippen LogP contribution is 2.27. The van der Waals surface area contributed by atoms with Crippen molar-refractivity contribution in [3.63, 3.8) is 0 Å². The van der Waals surface area contributed by atoms with Crippen molar-refractivity contribution < 1.29 is 4.74 Å². The second kappa shape index (κ2) is 6.71. The monoisotopic (exact) mass is 282 g/mol. The summed E-state index contributed by atoms with van der Waals surface area (Å²) in [7, 11) is 0. The van der Waals surface area contributed by atoms with Crippen LogP contribution in [0.2, 0.25) is 0 Å². The van der Waals surface area contributed by atoms with Crippen LogP contribution in [-0.2, 0) is 6.42 Å². The number of nitriles is 1. The Labute approximate surface area is 124 Å². The molecule has 1 heterocycles. The molecule has 0 unspecified atom stereocenters. The molecular formula is C16H18N4O. The molecule has 0 atom stereocenters. The Kier molecular flexibility index (Phi) is 4.72. The summed E-state index contributed by atoms with van der Waals surface area (Å²) in [6.45, 7) is 6.72. The van der Waals surface area contributed by atoms with Crippen LogP contribution in [0.4, 0.5) is 5.82 Å². The van der Waals surface area contributed by atoms with Crippen molar-refractivity contribution in [1.29, 1.82) is 5.26 Å². The van der Waals surface area contributed by atoms with Crippen LogP contribution >= 0.6 is 0 Å². The van der Waals surface area contributed by atoms with Gasteiger partial charge in [-0.1, -0.05) is 13.0 Å². The maximum Gasteiger partial charge on any atom is 0.227 e. The van der Waals surface area contributed by atoms with E-state index >= 15 is 0 Å². The number of hydrogen-bond acceptors (Lipinski definition) is 5. The highest BCUT2D eigenvalue weighted by Gasteiger charge is 2.12. The number of nitrogens with zero attached hydrogens (tertiary/aromatic N) is 3. The fourth-order valence-corrected chi connectivity index (χ4v) is 1.88. The lowest BCUT2D eigenvalue weighted by atomic mass is 10.2. The highest BCUT2D eigenvalue weighted by molar-refractivity contribution is 5.50. The zero-order valence-corrected chi connectivity index (χ0v) is 12.5. The summed E-state index contributed by atoms with van der Waals surface area (Å²) in [4.78, 5) is 8.89. The van der Waals surface area contributed by atoms with Crippen molar-refractivity contribution in [2.75, 3.05) is 11.9 Å². The SMILES string of the molecule is CCNc1nc(CC)nc(Oc2cccc(C#N)c2)c1C. The lowest BCUT2D eigenvalue weighted by molar-refractivity contribution is 0.455. The Bertz CT molecular complexity index is 676. The molecule has 0 aliphatic heterocycles. The third kappa shape index (κ3) is 3.48. The first-order chi connectivity index (χ1) is 10.2. The molecule has 0 aliphatic carbocycles. The smallest absolute Gasteiger partial charge is 0.227 e. The number of hydrogen-bond donors (Lipinski definition) is 1. The molecule has 5 heteroatoms. The van der Waals surface area contributed by atoms with Gasteiger partial charge in [0, 0.05) is 13.0 Å². The van der Waals surface area contributed by atoms with Crippen LogP contribution in [0, 0.1) is 18.3 Å². The number of anilines is 1. The Morgan fingerprint density at radius 2 is 2.10 bits per heavy atom. The van der Waals surface area contributed by atoms with Crippen molar-refractivity contribution >= 4 is 5.82 Å². The van der Waals surface area contributed by atoms with E-state index in [1.54, 1.807) is 24.3 Å². The molecule has 108 valence electrons. The van der Waals surface area contributed by atoms with Crippen LogP contribution in [0.25, 0.3) is 0 Å². The topological polar surface area (TPSA) is 70.8 Å². The number of benzene rings is 1. The van der Waals surface area contributed by atoms with Gasteiger partial charge in [0.05, 0.1) is 17.2 Å². The predicted molar refractivity (Wildman–Crippen MR) is 81.5 cm³/mol. The molecule has 1 aromatic carbocycles. The summed E-state index contributed by atoms with van der Waals surface area (Å²) in [6, 6.07) is 9.12. The molecule has 1 aromatic heterocycles. The standard InChI is InChI=1S/C16H18N4O/c1-4-14-19-15(18-5-2)11(3)16(20-14)21-13-8-6-7-12(9-13)10-17/h6-9H,4-5H2,1-3H3,(H,18,19,20). The minimum Gasteiger partial charge on any atom is -0.439 e. The minimum absolute atomic E-state index is 0.521. The Morgan fingerprint density at radius 3 is 2.76 bits per heavy atom.